The summed E-state index contributed by atoms with van der Waals surface area (Å²) in [4.78, 5) is 0. The highest BCUT2D eigenvalue weighted by Crippen LogP contribution is 2.33. The van der Waals surface area contributed by atoms with E-state index in [1.807, 2.05) is 6.92 Å². The summed E-state index contributed by atoms with van der Waals surface area (Å²) in [6.07, 6.45) is 2.42. The van der Waals surface area contributed by atoms with Crippen LogP contribution < -0.4 is 5.73 Å². The predicted molar refractivity (Wildman–Crippen MR) is 77.8 cm³/mol. The van der Waals surface area contributed by atoms with E-state index in [1.165, 1.54) is 29.5 Å². The van der Waals surface area contributed by atoms with Gasteiger partial charge in [-0.3, -0.25) is 0 Å². The zero-order valence-electron chi connectivity index (χ0n) is 11.0. The van der Waals surface area contributed by atoms with Crippen LogP contribution >= 0.6 is 0 Å². The van der Waals surface area contributed by atoms with Crippen LogP contribution in [0.3, 0.4) is 0 Å². The van der Waals surface area contributed by atoms with Crippen molar-refractivity contribution in [3.63, 3.8) is 0 Å². The third-order valence-electron chi connectivity index (χ3n) is 3.32. The normalized spacial score (nSPS) is 13.7. The lowest BCUT2D eigenvalue weighted by atomic mass is 9.96. The number of benzene rings is 2. The molecule has 0 spiro atoms. The maximum absolute atomic E-state index is 4.85. The summed E-state index contributed by atoms with van der Waals surface area (Å²) >= 11 is 0. The Bertz CT molecular complexity index is 451. The first-order valence-corrected chi connectivity index (χ1v) is 6.67. The SMILES string of the molecule is CCN.c1ccc(C2Cc3ccccc3C2)cc1. The van der Waals surface area contributed by atoms with E-state index in [1.54, 1.807) is 0 Å². The van der Waals surface area contributed by atoms with Crippen molar-refractivity contribution in [2.45, 2.75) is 25.7 Å². The van der Waals surface area contributed by atoms with Crippen molar-refractivity contribution in [3.8, 4) is 0 Å². The van der Waals surface area contributed by atoms with Gasteiger partial charge in [-0.1, -0.05) is 61.5 Å². The first-order valence-electron chi connectivity index (χ1n) is 6.67. The fourth-order valence-corrected chi connectivity index (χ4v) is 2.52. The molecular weight excluding hydrogens is 218 g/mol. The Hall–Kier alpha value is -1.60. The van der Waals surface area contributed by atoms with Gasteiger partial charge in [-0.15, -0.1) is 0 Å². The summed E-state index contributed by atoms with van der Waals surface area (Å²) in [6.45, 7) is 2.65. The molecule has 0 heterocycles. The van der Waals surface area contributed by atoms with Gasteiger partial charge in [0.15, 0.2) is 0 Å². The fourth-order valence-electron chi connectivity index (χ4n) is 2.52. The molecule has 0 bridgehead atoms. The number of rotatable bonds is 1. The number of hydrogen-bond donors (Lipinski definition) is 1. The fraction of sp³-hybridized carbons (Fsp3) is 0.294. The van der Waals surface area contributed by atoms with E-state index >= 15 is 0 Å². The van der Waals surface area contributed by atoms with Crippen LogP contribution in [-0.4, -0.2) is 6.54 Å². The van der Waals surface area contributed by atoms with Gasteiger partial charge in [0.25, 0.3) is 0 Å². The van der Waals surface area contributed by atoms with Crippen LogP contribution in [-0.2, 0) is 12.8 Å². The third-order valence-corrected chi connectivity index (χ3v) is 3.32. The molecular formula is C17H21N. The van der Waals surface area contributed by atoms with Gasteiger partial charge in [0.05, 0.1) is 0 Å². The number of nitrogens with two attached hydrogens (primary N) is 1. The van der Waals surface area contributed by atoms with Crippen molar-refractivity contribution in [2.75, 3.05) is 6.54 Å². The minimum Gasteiger partial charge on any atom is -0.331 e. The minimum absolute atomic E-state index is 0.698. The van der Waals surface area contributed by atoms with E-state index in [2.05, 4.69) is 54.6 Å². The Balaban J connectivity index is 0.000000367. The van der Waals surface area contributed by atoms with Crippen molar-refractivity contribution >= 4 is 0 Å². The van der Waals surface area contributed by atoms with Gasteiger partial charge in [0.2, 0.25) is 0 Å². The molecule has 1 aliphatic rings. The van der Waals surface area contributed by atoms with Crippen LogP contribution in [0.4, 0.5) is 0 Å². The van der Waals surface area contributed by atoms with Crippen LogP contribution in [0.15, 0.2) is 54.6 Å². The lowest BCUT2D eigenvalue weighted by molar-refractivity contribution is 0.742. The van der Waals surface area contributed by atoms with Crippen molar-refractivity contribution < 1.29 is 0 Å². The van der Waals surface area contributed by atoms with Gasteiger partial charge in [0, 0.05) is 0 Å². The van der Waals surface area contributed by atoms with Gasteiger partial charge in [-0.05, 0) is 42.0 Å². The molecule has 2 N–H and O–H groups in total. The molecule has 3 rings (SSSR count). The van der Waals surface area contributed by atoms with E-state index in [-0.39, 0.29) is 0 Å². The van der Waals surface area contributed by atoms with Gasteiger partial charge in [0.1, 0.15) is 0 Å². The van der Waals surface area contributed by atoms with Crippen molar-refractivity contribution in [3.05, 3.63) is 71.3 Å². The highest BCUT2D eigenvalue weighted by molar-refractivity contribution is 5.37. The second-order valence-electron chi connectivity index (χ2n) is 4.69. The maximum Gasteiger partial charge on any atom is -0.00808 e. The molecule has 2 aromatic rings. The van der Waals surface area contributed by atoms with Gasteiger partial charge < -0.3 is 5.73 Å². The summed E-state index contributed by atoms with van der Waals surface area (Å²) in [5.41, 5.74) is 9.39. The molecule has 2 aromatic carbocycles. The topological polar surface area (TPSA) is 26.0 Å². The smallest absolute Gasteiger partial charge is 0.00808 e. The second-order valence-corrected chi connectivity index (χ2v) is 4.69. The summed E-state index contributed by atoms with van der Waals surface area (Å²) in [7, 11) is 0. The monoisotopic (exact) mass is 239 g/mol. The predicted octanol–water partition coefficient (Wildman–Crippen LogP) is 3.53. The molecule has 0 aromatic heterocycles. The Morgan fingerprint density at radius 2 is 1.33 bits per heavy atom. The molecule has 1 heteroatoms. The highest BCUT2D eigenvalue weighted by Gasteiger charge is 2.21. The average molecular weight is 239 g/mol. The molecule has 0 amide bonds. The molecule has 18 heavy (non-hydrogen) atoms. The molecule has 0 aliphatic heterocycles. The van der Waals surface area contributed by atoms with Gasteiger partial charge in [-0.2, -0.15) is 0 Å². The number of hydrogen-bond acceptors (Lipinski definition) is 1. The largest absolute Gasteiger partial charge is 0.331 e. The molecule has 0 fully saturated rings. The zero-order chi connectivity index (χ0) is 12.8. The van der Waals surface area contributed by atoms with Crippen molar-refractivity contribution in [1.82, 2.24) is 0 Å². The highest BCUT2D eigenvalue weighted by atomic mass is 14.5. The molecule has 1 aliphatic carbocycles. The standard InChI is InChI=1S/C15H14.C2H7N/c1-2-6-12(7-3-1)15-10-13-8-4-5-9-14(13)11-15;1-2-3/h1-9,15H,10-11H2;2-3H2,1H3. The van der Waals surface area contributed by atoms with Crippen LogP contribution in [0.2, 0.25) is 0 Å². The Morgan fingerprint density at radius 3 is 1.83 bits per heavy atom. The van der Waals surface area contributed by atoms with E-state index in [0.29, 0.717) is 5.92 Å². The second kappa shape index (κ2) is 6.36. The Labute approximate surface area is 110 Å². The molecule has 0 radical (unpaired) electrons. The summed E-state index contributed by atoms with van der Waals surface area (Å²) < 4.78 is 0. The molecule has 0 saturated heterocycles. The van der Waals surface area contributed by atoms with E-state index in [0.717, 1.165) is 6.54 Å². The van der Waals surface area contributed by atoms with E-state index in [9.17, 15) is 0 Å². The van der Waals surface area contributed by atoms with E-state index in [4.69, 9.17) is 5.73 Å². The molecule has 0 atom stereocenters. The van der Waals surface area contributed by atoms with Gasteiger partial charge >= 0.3 is 0 Å². The quantitative estimate of drug-likeness (QED) is 0.809. The maximum atomic E-state index is 4.85. The molecule has 0 unspecified atom stereocenters. The third kappa shape index (κ3) is 2.99. The number of fused-ring (bicyclic) bond motifs is 1. The molecule has 94 valence electrons. The molecule has 1 nitrogen and oxygen atoms in total. The minimum atomic E-state index is 0.698. The van der Waals surface area contributed by atoms with Crippen molar-refractivity contribution in [1.29, 1.82) is 0 Å². The summed E-state index contributed by atoms with van der Waals surface area (Å²) in [5, 5.41) is 0. The summed E-state index contributed by atoms with van der Waals surface area (Å²) in [6, 6.07) is 19.7. The zero-order valence-corrected chi connectivity index (χ0v) is 11.0. The van der Waals surface area contributed by atoms with Crippen LogP contribution in [0, 0.1) is 0 Å². The Morgan fingerprint density at radius 1 is 0.889 bits per heavy atom. The lowest BCUT2D eigenvalue weighted by Gasteiger charge is -2.08. The lowest BCUT2D eigenvalue weighted by Crippen LogP contribution is -1.96. The van der Waals surface area contributed by atoms with Crippen LogP contribution in [0.25, 0.3) is 0 Å². The van der Waals surface area contributed by atoms with Crippen LogP contribution in [0.1, 0.15) is 29.5 Å². The van der Waals surface area contributed by atoms with Crippen molar-refractivity contribution in [2.24, 2.45) is 5.73 Å². The first kappa shape index (κ1) is 12.8. The average Bonchev–Trinajstić information content (AvgIpc) is 2.84. The Kier molecular flexibility index (Phi) is 4.54. The summed E-state index contributed by atoms with van der Waals surface area (Å²) in [5.74, 6) is 0.698. The van der Waals surface area contributed by atoms with Gasteiger partial charge in [-0.25, -0.2) is 0 Å². The van der Waals surface area contributed by atoms with E-state index < -0.39 is 0 Å². The van der Waals surface area contributed by atoms with Crippen LogP contribution in [0.5, 0.6) is 0 Å². The molecule has 0 saturated carbocycles. The first-order chi connectivity index (χ1) is 8.85.